The zero-order valence-electron chi connectivity index (χ0n) is 11.1. The predicted octanol–water partition coefficient (Wildman–Crippen LogP) is 2.00. The number of halogens is 2. The number of anilines is 1. The second-order valence-corrected chi connectivity index (χ2v) is 4.60. The fourth-order valence-electron chi connectivity index (χ4n) is 2.20. The third-order valence-corrected chi connectivity index (χ3v) is 2.94. The van der Waals surface area contributed by atoms with E-state index < -0.39 is 0 Å². The first-order valence-corrected chi connectivity index (χ1v) is 5.95. The van der Waals surface area contributed by atoms with Crippen LogP contribution in [0.15, 0.2) is 24.3 Å². The number of piperazine rings is 1. The first kappa shape index (κ1) is 17.5. The monoisotopic (exact) mass is 291 g/mol. The summed E-state index contributed by atoms with van der Waals surface area (Å²) in [5, 5.41) is 3.39. The summed E-state index contributed by atoms with van der Waals surface area (Å²) in [6.45, 7) is 5.43. The van der Waals surface area contributed by atoms with Gasteiger partial charge in [-0.3, -0.25) is 0 Å². The Balaban J connectivity index is 0.00000144. The van der Waals surface area contributed by atoms with E-state index in [-0.39, 0.29) is 24.8 Å². The molecular weight excluding hydrogens is 269 g/mol. The summed E-state index contributed by atoms with van der Waals surface area (Å²) in [5.41, 5.74) is 2.83. The second kappa shape index (κ2) is 8.59. The van der Waals surface area contributed by atoms with Crippen molar-refractivity contribution in [2.75, 3.05) is 45.2 Å². The van der Waals surface area contributed by atoms with E-state index in [2.05, 4.69) is 53.5 Å². The van der Waals surface area contributed by atoms with Gasteiger partial charge in [0.05, 0.1) is 0 Å². The first-order valence-electron chi connectivity index (χ1n) is 5.95. The van der Waals surface area contributed by atoms with Crippen LogP contribution in [0.3, 0.4) is 0 Å². The van der Waals surface area contributed by atoms with Crippen LogP contribution in [0, 0.1) is 0 Å². The van der Waals surface area contributed by atoms with Crippen LogP contribution >= 0.6 is 24.8 Å². The van der Waals surface area contributed by atoms with Crippen LogP contribution in [-0.4, -0.2) is 45.2 Å². The van der Waals surface area contributed by atoms with Crippen LogP contribution in [0.1, 0.15) is 5.56 Å². The summed E-state index contributed by atoms with van der Waals surface area (Å²) in [5.74, 6) is 0. The number of nitrogens with one attached hydrogen (secondary N) is 1. The summed E-state index contributed by atoms with van der Waals surface area (Å²) in [6.07, 6.45) is 0. The average Bonchev–Trinajstić information content (AvgIpc) is 2.30. The Morgan fingerprint density at radius 3 is 2.33 bits per heavy atom. The summed E-state index contributed by atoms with van der Waals surface area (Å²) >= 11 is 0. The van der Waals surface area contributed by atoms with Crippen molar-refractivity contribution in [3.63, 3.8) is 0 Å². The van der Waals surface area contributed by atoms with Crippen molar-refractivity contribution < 1.29 is 0 Å². The molecule has 0 spiro atoms. The van der Waals surface area contributed by atoms with E-state index in [4.69, 9.17) is 0 Å². The van der Waals surface area contributed by atoms with Gasteiger partial charge in [0.2, 0.25) is 0 Å². The van der Waals surface area contributed by atoms with Crippen molar-refractivity contribution in [3.8, 4) is 0 Å². The van der Waals surface area contributed by atoms with Crippen LogP contribution in [0.2, 0.25) is 0 Å². The minimum atomic E-state index is 0. The Hall–Kier alpha value is -0.480. The predicted molar refractivity (Wildman–Crippen MR) is 83.4 cm³/mol. The van der Waals surface area contributed by atoms with Crippen molar-refractivity contribution in [3.05, 3.63) is 29.8 Å². The highest BCUT2D eigenvalue weighted by molar-refractivity contribution is 5.85. The molecule has 0 bridgehead atoms. The van der Waals surface area contributed by atoms with Gasteiger partial charge in [-0.05, 0) is 25.7 Å². The molecule has 0 aliphatic carbocycles. The van der Waals surface area contributed by atoms with Gasteiger partial charge in [-0.2, -0.15) is 0 Å². The summed E-state index contributed by atoms with van der Waals surface area (Å²) in [4.78, 5) is 4.70. The van der Waals surface area contributed by atoms with Gasteiger partial charge < -0.3 is 15.1 Å². The van der Waals surface area contributed by atoms with Gasteiger partial charge in [-0.25, -0.2) is 0 Å². The van der Waals surface area contributed by atoms with Crippen LogP contribution in [0.5, 0.6) is 0 Å². The number of para-hydroxylation sites is 1. The number of rotatable bonds is 3. The van der Waals surface area contributed by atoms with Gasteiger partial charge in [0.25, 0.3) is 0 Å². The average molecular weight is 292 g/mol. The molecule has 1 N–H and O–H groups in total. The van der Waals surface area contributed by atoms with E-state index in [1.54, 1.807) is 0 Å². The molecule has 3 nitrogen and oxygen atoms in total. The van der Waals surface area contributed by atoms with Crippen molar-refractivity contribution in [2.24, 2.45) is 0 Å². The van der Waals surface area contributed by atoms with Gasteiger partial charge in [0.15, 0.2) is 0 Å². The lowest BCUT2D eigenvalue weighted by atomic mass is 10.1. The SMILES string of the molecule is CN(C)Cc1ccccc1N1CCNCC1.Cl.Cl. The topological polar surface area (TPSA) is 18.5 Å². The molecule has 0 aromatic heterocycles. The van der Waals surface area contributed by atoms with E-state index >= 15 is 0 Å². The highest BCUT2D eigenvalue weighted by Gasteiger charge is 2.13. The zero-order chi connectivity index (χ0) is 11.4. The maximum absolute atomic E-state index is 3.39. The standard InChI is InChI=1S/C13H21N3.2ClH/c1-15(2)11-12-5-3-4-6-13(12)16-9-7-14-8-10-16;;/h3-6,14H,7-11H2,1-2H3;2*1H. The second-order valence-electron chi connectivity index (χ2n) is 4.60. The lowest BCUT2D eigenvalue weighted by Crippen LogP contribution is -2.44. The molecule has 1 aromatic rings. The summed E-state index contributed by atoms with van der Waals surface area (Å²) < 4.78 is 0. The fraction of sp³-hybridized carbons (Fsp3) is 0.538. The Labute approximate surface area is 122 Å². The zero-order valence-corrected chi connectivity index (χ0v) is 12.7. The smallest absolute Gasteiger partial charge is 0.0412 e. The van der Waals surface area contributed by atoms with Crippen LogP contribution in [0.25, 0.3) is 0 Å². The molecule has 104 valence electrons. The van der Waals surface area contributed by atoms with Crippen LogP contribution in [-0.2, 0) is 6.54 Å². The van der Waals surface area contributed by atoms with Gasteiger partial charge >= 0.3 is 0 Å². The Kier molecular flexibility index (Phi) is 8.36. The Morgan fingerprint density at radius 1 is 1.11 bits per heavy atom. The highest BCUT2D eigenvalue weighted by Crippen LogP contribution is 2.21. The molecule has 1 heterocycles. The van der Waals surface area contributed by atoms with Crippen LogP contribution in [0.4, 0.5) is 5.69 Å². The Morgan fingerprint density at radius 2 is 1.72 bits per heavy atom. The van der Waals surface area contributed by atoms with Gasteiger partial charge in [0, 0.05) is 38.4 Å². The van der Waals surface area contributed by atoms with E-state index in [0.29, 0.717) is 0 Å². The largest absolute Gasteiger partial charge is 0.369 e. The van der Waals surface area contributed by atoms with E-state index in [1.807, 2.05) is 0 Å². The highest BCUT2D eigenvalue weighted by atomic mass is 35.5. The van der Waals surface area contributed by atoms with E-state index in [1.165, 1.54) is 11.3 Å². The number of nitrogens with zero attached hydrogens (tertiary/aromatic N) is 2. The number of hydrogen-bond donors (Lipinski definition) is 1. The molecule has 1 aliphatic rings. The van der Waals surface area contributed by atoms with Crippen molar-refractivity contribution in [2.45, 2.75) is 6.54 Å². The van der Waals surface area contributed by atoms with Gasteiger partial charge in [0.1, 0.15) is 0 Å². The van der Waals surface area contributed by atoms with Gasteiger partial charge in [-0.1, -0.05) is 18.2 Å². The van der Waals surface area contributed by atoms with E-state index in [0.717, 1.165) is 32.7 Å². The lowest BCUT2D eigenvalue weighted by molar-refractivity contribution is 0.402. The van der Waals surface area contributed by atoms with Crippen molar-refractivity contribution in [1.29, 1.82) is 0 Å². The molecular formula is C13H23Cl2N3. The molecule has 0 amide bonds. The third-order valence-electron chi connectivity index (χ3n) is 2.94. The van der Waals surface area contributed by atoms with Gasteiger partial charge in [-0.15, -0.1) is 24.8 Å². The van der Waals surface area contributed by atoms with Crippen molar-refractivity contribution >= 4 is 30.5 Å². The van der Waals surface area contributed by atoms with Crippen LogP contribution < -0.4 is 10.2 Å². The summed E-state index contributed by atoms with van der Waals surface area (Å²) in [7, 11) is 4.24. The molecule has 2 rings (SSSR count). The minimum Gasteiger partial charge on any atom is -0.369 e. The first-order chi connectivity index (χ1) is 7.77. The quantitative estimate of drug-likeness (QED) is 0.919. The molecule has 5 heteroatoms. The molecule has 1 aromatic carbocycles. The third kappa shape index (κ3) is 4.65. The molecule has 1 saturated heterocycles. The molecule has 18 heavy (non-hydrogen) atoms. The maximum atomic E-state index is 3.39. The molecule has 0 unspecified atom stereocenters. The lowest BCUT2D eigenvalue weighted by Gasteiger charge is -2.31. The summed E-state index contributed by atoms with van der Waals surface area (Å²) in [6, 6.07) is 8.74. The molecule has 0 radical (unpaired) electrons. The molecule has 1 aliphatic heterocycles. The molecule has 0 atom stereocenters. The number of benzene rings is 1. The molecule has 1 fully saturated rings. The van der Waals surface area contributed by atoms with E-state index in [9.17, 15) is 0 Å². The Bertz CT molecular complexity index is 339. The normalized spacial score (nSPS) is 14.9. The maximum Gasteiger partial charge on any atom is 0.0412 e. The fourth-order valence-corrected chi connectivity index (χ4v) is 2.20. The van der Waals surface area contributed by atoms with Crippen molar-refractivity contribution in [1.82, 2.24) is 10.2 Å². The number of hydrogen-bond acceptors (Lipinski definition) is 3. The minimum absolute atomic E-state index is 0. The molecule has 0 saturated carbocycles.